The molecule has 0 amide bonds. The molecular formula is C15H18BrN3O2. The minimum absolute atomic E-state index is 0.0149. The van der Waals surface area contributed by atoms with Gasteiger partial charge in [-0.2, -0.15) is 0 Å². The molecule has 2 rings (SSSR count). The highest BCUT2D eigenvalue weighted by molar-refractivity contribution is 9.10. The van der Waals surface area contributed by atoms with E-state index >= 15 is 0 Å². The SMILES string of the molecule is CCc1nc(C(=O)OC)c(N)n1C(C)c1ccc(Br)cc1. The third-order valence-electron chi connectivity index (χ3n) is 3.46. The van der Waals surface area contributed by atoms with Crippen LogP contribution < -0.4 is 5.73 Å². The van der Waals surface area contributed by atoms with Gasteiger partial charge >= 0.3 is 5.97 Å². The Kier molecular flexibility index (Phi) is 4.67. The first-order valence-corrected chi connectivity index (χ1v) is 7.49. The van der Waals surface area contributed by atoms with Gasteiger partial charge in [0.05, 0.1) is 13.2 Å². The van der Waals surface area contributed by atoms with E-state index in [1.54, 1.807) is 0 Å². The second-order valence-corrected chi connectivity index (χ2v) is 5.62. The molecule has 1 aromatic carbocycles. The Bertz CT molecular complexity index is 650. The Morgan fingerprint density at radius 3 is 2.57 bits per heavy atom. The van der Waals surface area contributed by atoms with Gasteiger partial charge in [0.1, 0.15) is 11.6 Å². The summed E-state index contributed by atoms with van der Waals surface area (Å²) in [6.07, 6.45) is 0.683. The van der Waals surface area contributed by atoms with Crippen LogP contribution in [-0.2, 0) is 11.2 Å². The molecule has 0 radical (unpaired) electrons. The van der Waals surface area contributed by atoms with Gasteiger partial charge in [0.15, 0.2) is 5.69 Å². The average molecular weight is 352 g/mol. The van der Waals surface area contributed by atoms with E-state index in [0.29, 0.717) is 12.2 Å². The number of benzene rings is 1. The van der Waals surface area contributed by atoms with Crippen molar-refractivity contribution in [3.05, 3.63) is 45.8 Å². The lowest BCUT2D eigenvalue weighted by atomic mass is 10.1. The van der Waals surface area contributed by atoms with Crippen LogP contribution in [0.15, 0.2) is 28.7 Å². The third-order valence-corrected chi connectivity index (χ3v) is 3.98. The Balaban J connectivity index is 2.49. The van der Waals surface area contributed by atoms with Crippen molar-refractivity contribution >= 4 is 27.7 Å². The van der Waals surface area contributed by atoms with E-state index in [2.05, 4.69) is 20.9 Å². The highest BCUT2D eigenvalue weighted by atomic mass is 79.9. The largest absolute Gasteiger partial charge is 0.464 e. The number of imidazole rings is 1. The van der Waals surface area contributed by atoms with E-state index in [1.165, 1.54) is 7.11 Å². The standard InChI is InChI=1S/C15H18BrN3O2/c1-4-12-18-13(15(20)21-3)14(17)19(12)9(2)10-5-7-11(16)8-6-10/h5-9H,4,17H2,1-3H3. The summed E-state index contributed by atoms with van der Waals surface area (Å²) in [5.74, 6) is 0.599. The van der Waals surface area contributed by atoms with Crippen molar-refractivity contribution in [2.45, 2.75) is 26.3 Å². The highest BCUT2D eigenvalue weighted by Gasteiger charge is 2.23. The number of anilines is 1. The monoisotopic (exact) mass is 351 g/mol. The summed E-state index contributed by atoms with van der Waals surface area (Å²) >= 11 is 3.42. The number of aromatic nitrogens is 2. The van der Waals surface area contributed by atoms with Crippen molar-refractivity contribution in [3.63, 3.8) is 0 Å². The summed E-state index contributed by atoms with van der Waals surface area (Å²) in [4.78, 5) is 16.1. The number of hydrogen-bond acceptors (Lipinski definition) is 4. The average Bonchev–Trinajstić information content (AvgIpc) is 2.83. The van der Waals surface area contributed by atoms with Gasteiger partial charge < -0.3 is 15.0 Å². The van der Waals surface area contributed by atoms with E-state index < -0.39 is 5.97 Å². The Labute approximate surface area is 132 Å². The molecule has 1 heterocycles. The van der Waals surface area contributed by atoms with Gasteiger partial charge in [-0.3, -0.25) is 0 Å². The number of nitrogens with two attached hydrogens (primary N) is 1. The van der Waals surface area contributed by atoms with E-state index in [-0.39, 0.29) is 11.7 Å². The molecule has 0 aliphatic heterocycles. The van der Waals surface area contributed by atoms with Crippen molar-refractivity contribution in [3.8, 4) is 0 Å². The van der Waals surface area contributed by atoms with Crippen LogP contribution in [0.5, 0.6) is 0 Å². The number of nitrogen functional groups attached to an aromatic ring is 1. The molecule has 1 unspecified atom stereocenters. The minimum atomic E-state index is -0.510. The zero-order chi connectivity index (χ0) is 15.6. The fourth-order valence-electron chi connectivity index (χ4n) is 2.31. The van der Waals surface area contributed by atoms with Crippen LogP contribution >= 0.6 is 15.9 Å². The predicted octanol–water partition coefficient (Wildman–Crippen LogP) is 3.19. The summed E-state index contributed by atoms with van der Waals surface area (Å²) in [7, 11) is 1.32. The fourth-order valence-corrected chi connectivity index (χ4v) is 2.58. The predicted molar refractivity (Wildman–Crippen MR) is 85.3 cm³/mol. The van der Waals surface area contributed by atoms with E-state index in [1.807, 2.05) is 42.7 Å². The van der Waals surface area contributed by atoms with Gasteiger partial charge in [-0.05, 0) is 24.6 Å². The van der Waals surface area contributed by atoms with E-state index in [9.17, 15) is 4.79 Å². The van der Waals surface area contributed by atoms with Crippen LogP contribution in [0.1, 0.15) is 41.8 Å². The Morgan fingerprint density at radius 1 is 1.43 bits per heavy atom. The third kappa shape index (κ3) is 2.95. The van der Waals surface area contributed by atoms with E-state index in [0.717, 1.165) is 15.9 Å². The summed E-state index contributed by atoms with van der Waals surface area (Å²) in [6, 6.07) is 7.98. The van der Waals surface area contributed by atoms with Gasteiger partial charge in [-0.25, -0.2) is 9.78 Å². The van der Waals surface area contributed by atoms with Crippen molar-refractivity contribution in [1.82, 2.24) is 9.55 Å². The lowest BCUT2D eigenvalue weighted by Crippen LogP contribution is -2.14. The maximum Gasteiger partial charge on any atom is 0.360 e. The number of rotatable bonds is 4. The number of aryl methyl sites for hydroxylation is 1. The van der Waals surface area contributed by atoms with Gasteiger partial charge in [0.25, 0.3) is 0 Å². The topological polar surface area (TPSA) is 70.1 Å². The first-order valence-electron chi connectivity index (χ1n) is 6.69. The molecule has 112 valence electrons. The lowest BCUT2D eigenvalue weighted by molar-refractivity contribution is 0.0595. The smallest absolute Gasteiger partial charge is 0.360 e. The maximum absolute atomic E-state index is 11.7. The van der Waals surface area contributed by atoms with Crippen LogP contribution in [0.4, 0.5) is 5.82 Å². The number of ether oxygens (including phenoxy) is 1. The molecule has 6 heteroatoms. The maximum atomic E-state index is 11.7. The molecule has 2 N–H and O–H groups in total. The molecule has 5 nitrogen and oxygen atoms in total. The number of hydrogen-bond donors (Lipinski definition) is 1. The van der Waals surface area contributed by atoms with Crippen molar-refractivity contribution in [1.29, 1.82) is 0 Å². The zero-order valence-corrected chi connectivity index (χ0v) is 13.8. The molecule has 1 aromatic heterocycles. The van der Waals surface area contributed by atoms with Gasteiger partial charge in [0, 0.05) is 10.9 Å². The Morgan fingerprint density at radius 2 is 2.05 bits per heavy atom. The number of carbonyl (C=O) groups is 1. The van der Waals surface area contributed by atoms with Crippen LogP contribution in [0.3, 0.4) is 0 Å². The number of nitrogens with zero attached hydrogens (tertiary/aromatic N) is 2. The highest BCUT2D eigenvalue weighted by Crippen LogP contribution is 2.27. The van der Waals surface area contributed by atoms with Gasteiger partial charge in [-0.1, -0.05) is 35.0 Å². The minimum Gasteiger partial charge on any atom is -0.464 e. The molecule has 0 fully saturated rings. The van der Waals surface area contributed by atoms with Crippen LogP contribution in [0.25, 0.3) is 0 Å². The summed E-state index contributed by atoms with van der Waals surface area (Å²) < 4.78 is 7.63. The van der Waals surface area contributed by atoms with Crippen LogP contribution in [0, 0.1) is 0 Å². The van der Waals surface area contributed by atoms with Crippen molar-refractivity contribution < 1.29 is 9.53 Å². The molecule has 0 bridgehead atoms. The second kappa shape index (κ2) is 6.30. The first-order chi connectivity index (χ1) is 9.99. The normalized spacial score (nSPS) is 12.2. The quantitative estimate of drug-likeness (QED) is 0.858. The fraction of sp³-hybridized carbons (Fsp3) is 0.333. The molecule has 0 saturated carbocycles. The number of halogens is 1. The van der Waals surface area contributed by atoms with Crippen LogP contribution in [-0.4, -0.2) is 22.6 Å². The summed E-state index contributed by atoms with van der Waals surface area (Å²) in [5.41, 5.74) is 7.38. The van der Waals surface area contributed by atoms with Crippen molar-refractivity contribution in [2.75, 3.05) is 12.8 Å². The van der Waals surface area contributed by atoms with E-state index in [4.69, 9.17) is 10.5 Å². The molecule has 2 aromatic rings. The van der Waals surface area contributed by atoms with Crippen molar-refractivity contribution in [2.24, 2.45) is 0 Å². The van der Waals surface area contributed by atoms with Gasteiger partial charge in [0.2, 0.25) is 0 Å². The van der Waals surface area contributed by atoms with Crippen LogP contribution in [0.2, 0.25) is 0 Å². The summed E-state index contributed by atoms with van der Waals surface area (Å²) in [6.45, 7) is 4.01. The number of methoxy groups -OCH3 is 1. The molecule has 1 atom stereocenters. The molecule has 0 aliphatic carbocycles. The molecule has 21 heavy (non-hydrogen) atoms. The number of carbonyl (C=O) groups excluding carboxylic acids is 1. The zero-order valence-electron chi connectivity index (χ0n) is 12.3. The Hall–Kier alpha value is -1.82. The molecule has 0 aliphatic rings. The molecule has 0 saturated heterocycles. The molecular weight excluding hydrogens is 334 g/mol. The number of esters is 1. The first kappa shape index (κ1) is 15.6. The second-order valence-electron chi connectivity index (χ2n) is 4.70. The van der Waals surface area contributed by atoms with Gasteiger partial charge in [-0.15, -0.1) is 0 Å². The summed E-state index contributed by atoms with van der Waals surface area (Å²) in [5, 5.41) is 0. The molecule has 0 spiro atoms. The lowest BCUT2D eigenvalue weighted by Gasteiger charge is -2.18.